The van der Waals surface area contributed by atoms with E-state index in [2.05, 4.69) is 21.8 Å². The first-order chi connectivity index (χ1) is 16.0. The van der Waals surface area contributed by atoms with Crippen LogP contribution in [0, 0.1) is 0 Å². The molecule has 8 heteroatoms. The number of nitrogens with zero attached hydrogens (tertiary/aromatic N) is 2. The first-order valence-electron chi connectivity index (χ1n) is 11.0. The second-order valence-corrected chi connectivity index (χ2v) is 8.18. The molecule has 1 saturated heterocycles. The van der Waals surface area contributed by atoms with Gasteiger partial charge in [-0.25, -0.2) is 4.79 Å². The fourth-order valence-electron chi connectivity index (χ4n) is 3.84. The van der Waals surface area contributed by atoms with Crippen molar-refractivity contribution in [2.45, 2.75) is 6.42 Å². The number of nitrogens with one attached hydrogen (secondary N) is 1. The second kappa shape index (κ2) is 10.5. The average molecular weight is 452 g/mol. The molecule has 1 aliphatic heterocycles. The number of aromatic amines is 1. The van der Waals surface area contributed by atoms with E-state index in [0.29, 0.717) is 17.9 Å². The predicted octanol–water partition coefficient (Wildman–Crippen LogP) is 2.73. The van der Waals surface area contributed by atoms with Gasteiger partial charge < -0.3 is 24.1 Å². The lowest BCUT2D eigenvalue weighted by Gasteiger charge is -2.32. The highest BCUT2D eigenvalue weighted by atomic mass is 16.5. The molecular weight excluding hydrogens is 422 g/mol. The lowest BCUT2D eigenvalue weighted by atomic mass is 10.1. The number of H-pyrrole nitrogens is 1. The fraction of sp³-hybridized carbons (Fsp3) is 0.360. The molecule has 174 valence electrons. The Morgan fingerprint density at radius 3 is 2.45 bits per heavy atom. The fourth-order valence-corrected chi connectivity index (χ4v) is 3.84. The molecule has 8 nitrogen and oxygen atoms in total. The molecule has 4 rings (SSSR count). The van der Waals surface area contributed by atoms with Crippen LogP contribution in [0.1, 0.15) is 15.9 Å². The number of methoxy groups -OCH3 is 1. The number of carbonyl (C=O) groups is 2. The van der Waals surface area contributed by atoms with Crippen LogP contribution in [0.4, 0.5) is 0 Å². The van der Waals surface area contributed by atoms with E-state index < -0.39 is 0 Å². The summed E-state index contributed by atoms with van der Waals surface area (Å²) in [6.45, 7) is 5.12. The Bertz CT molecular complexity index is 1100. The van der Waals surface area contributed by atoms with Gasteiger partial charge in [0.25, 0.3) is 0 Å². The maximum atomic E-state index is 12.4. The van der Waals surface area contributed by atoms with Crippen LogP contribution in [-0.4, -0.2) is 80.2 Å². The Kier molecular flexibility index (Phi) is 7.26. The molecule has 2 aromatic carbocycles. The Hall–Kier alpha value is -3.36. The van der Waals surface area contributed by atoms with Gasteiger partial charge in [-0.2, -0.15) is 0 Å². The van der Waals surface area contributed by atoms with Gasteiger partial charge in [0.2, 0.25) is 0 Å². The number of carbonyl (C=O) groups excluding carboxylic acids is 2. The molecule has 1 aromatic heterocycles. The van der Waals surface area contributed by atoms with E-state index in [0.717, 1.165) is 54.9 Å². The number of hydrogen-bond acceptors (Lipinski definition) is 7. The highest BCUT2D eigenvalue weighted by molar-refractivity contribution is 5.90. The highest BCUT2D eigenvalue weighted by Gasteiger charge is 2.15. The lowest BCUT2D eigenvalue weighted by Crippen LogP contribution is -2.45. The number of aromatic nitrogens is 1. The summed E-state index contributed by atoms with van der Waals surface area (Å²) in [5.74, 6) is 0.338. The SMILES string of the molecule is COc1ccc2[nH]cc(CC(=O)Oc3ccc(C(=O)OCCN4CCN(C)CC4)cc3)c2c1. The standard InChI is InChI=1S/C25H29N3O5/c1-27-9-11-28(12-10-27)13-14-32-25(30)18-3-5-20(6-4-18)33-24(29)15-19-17-26-23-8-7-21(31-2)16-22(19)23/h3-8,16-17,26H,9-15H2,1-2H3. The van der Waals surface area contributed by atoms with Gasteiger partial charge >= 0.3 is 11.9 Å². The van der Waals surface area contributed by atoms with Crippen molar-refractivity contribution in [1.82, 2.24) is 14.8 Å². The van der Waals surface area contributed by atoms with Crippen LogP contribution < -0.4 is 9.47 Å². The van der Waals surface area contributed by atoms with Gasteiger partial charge in [0.15, 0.2) is 0 Å². The van der Waals surface area contributed by atoms with Crippen LogP contribution in [0.2, 0.25) is 0 Å². The number of rotatable bonds is 8. The maximum Gasteiger partial charge on any atom is 0.338 e. The van der Waals surface area contributed by atoms with Crippen molar-refractivity contribution in [2.24, 2.45) is 0 Å². The topological polar surface area (TPSA) is 84.1 Å². The van der Waals surface area contributed by atoms with Gasteiger partial charge in [-0.3, -0.25) is 9.69 Å². The zero-order valence-electron chi connectivity index (χ0n) is 19.0. The second-order valence-electron chi connectivity index (χ2n) is 8.18. The molecule has 1 N–H and O–H groups in total. The summed E-state index contributed by atoms with van der Waals surface area (Å²) in [6.07, 6.45) is 1.91. The third-order valence-electron chi connectivity index (χ3n) is 5.87. The Balaban J connectivity index is 1.26. The van der Waals surface area contributed by atoms with Crippen LogP contribution in [0.5, 0.6) is 11.5 Å². The van der Waals surface area contributed by atoms with Crippen LogP contribution in [0.25, 0.3) is 10.9 Å². The van der Waals surface area contributed by atoms with E-state index in [4.69, 9.17) is 14.2 Å². The van der Waals surface area contributed by atoms with Crippen molar-refractivity contribution < 1.29 is 23.8 Å². The first-order valence-corrected chi connectivity index (χ1v) is 11.0. The van der Waals surface area contributed by atoms with Crippen LogP contribution in [-0.2, 0) is 16.0 Å². The van der Waals surface area contributed by atoms with Crippen molar-refractivity contribution in [3.63, 3.8) is 0 Å². The molecule has 0 spiro atoms. The maximum absolute atomic E-state index is 12.4. The number of fused-ring (bicyclic) bond motifs is 1. The molecule has 0 bridgehead atoms. The van der Waals surface area contributed by atoms with Crippen LogP contribution >= 0.6 is 0 Å². The monoisotopic (exact) mass is 451 g/mol. The first kappa shape index (κ1) is 22.8. The van der Waals surface area contributed by atoms with Crippen molar-refractivity contribution in [2.75, 3.05) is 53.5 Å². The number of piperazine rings is 1. The molecule has 0 aliphatic carbocycles. The summed E-state index contributed by atoms with van der Waals surface area (Å²) in [7, 11) is 3.72. The lowest BCUT2D eigenvalue weighted by molar-refractivity contribution is -0.133. The molecule has 0 unspecified atom stereocenters. The third-order valence-corrected chi connectivity index (χ3v) is 5.87. The van der Waals surface area contributed by atoms with E-state index in [9.17, 15) is 9.59 Å². The molecule has 3 aromatic rings. The quantitative estimate of drug-likeness (QED) is 0.416. The third kappa shape index (κ3) is 5.91. The van der Waals surface area contributed by atoms with Crippen molar-refractivity contribution in [1.29, 1.82) is 0 Å². The molecule has 0 amide bonds. The van der Waals surface area contributed by atoms with Gasteiger partial charge in [0.05, 0.1) is 19.1 Å². The van der Waals surface area contributed by atoms with E-state index in [-0.39, 0.29) is 18.4 Å². The minimum absolute atomic E-state index is 0.114. The molecule has 0 radical (unpaired) electrons. The highest BCUT2D eigenvalue weighted by Crippen LogP contribution is 2.24. The number of benzene rings is 2. The zero-order chi connectivity index (χ0) is 23.2. The summed E-state index contributed by atoms with van der Waals surface area (Å²) in [6, 6.07) is 12.1. The predicted molar refractivity (Wildman–Crippen MR) is 125 cm³/mol. The Morgan fingerprint density at radius 1 is 1.00 bits per heavy atom. The summed E-state index contributed by atoms with van der Waals surface area (Å²) in [5.41, 5.74) is 2.18. The van der Waals surface area contributed by atoms with E-state index in [1.807, 2.05) is 18.2 Å². The molecule has 0 atom stereocenters. The average Bonchev–Trinajstić information content (AvgIpc) is 3.22. The summed E-state index contributed by atoms with van der Waals surface area (Å²) >= 11 is 0. The van der Waals surface area contributed by atoms with Crippen LogP contribution in [0.15, 0.2) is 48.7 Å². The number of likely N-dealkylation sites (N-methyl/N-ethyl adjacent to an activating group) is 1. The van der Waals surface area contributed by atoms with Crippen molar-refractivity contribution in [3.05, 3.63) is 59.8 Å². The summed E-state index contributed by atoms with van der Waals surface area (Å²) in [4.78, 5) is 32.5. The van der Waals surface area contributed by atoms with Gasteiger partial charge in [0.1, 0.15) is 18.1 Å². The Morgan fingerprint density at radius 2 is 1.73 bits per heavy atom. The van der Waals surface area contributed by atoms with Crippen LogP contribution in [0.3, 0.4) is 0 Å². The number of hydrogen-bond donors (Lipinski definition) is 1. The molecular formula is C25H29N3O5. The normalized spacial score (nSPS) is 14.8. The van der Waals surface area contributed by atoms with Gasteiger partial charge in [0, 0.05) is 49.8 Å². The number of esters is 2. The van der Waals surface area contributed by atoms with Gasteiger partial charge in [-0.1, -0.05) is 0 Å². The molecule has 1 fully saturated rings. The summed E-state index contributed by atoms with van der Waals surface area (Å²) < 4.78 is 16.1. The molecule has 1 aliphatic rings. The Labute approximate surface area is 193 Å². The van der Waals surface area contributed by atoms with E-state index in [1.165, 1.54) is 0 Å². The molecule has 0 saturated carbocycles. The number of ether oxygens (including phenoxy) is 3. The van der Waals surface area contributed by atoms with Crippen molar-refractivity contribution in [3.8, 4) is 11.5 Å². The van der Waals surface area contributed by atoms with E-state index in [1.54, 1.807) is 37.6 Å². The smallest absolute Gasteiger partial charge is 0.338 e. The van der Waals surface area contributed by atoms with Gasteiger partial charge in [-0.05, 0) is 55.1 Å². The molecule has 33 heavy (non-hydrogen) atoms. The largest absolute Gasteiger partial charge is 0.497 e. The zero-order valence-corrected chi connectivity index (χ0v) is 19.0. The molecule has 2 heterocycles. The minimum Gasteiger partial charge on any atom is -0.497 e. The minimum atomic E-state index is -0.388. The van der Waals surface area contributed by atoms with E-state index >= 15 is 0 Å². The summed E-state index contributed by atoms with van der Waals surface area (Å²) in [5, 5.41) is 0.918. The van der Waals surface area contributed by atoms with Crippen molar-refractivity contribution >= 4 is 22.8 Å². The van der Waals surface area contributed by atoms with Gasteiger partial charge in [-0.15, -0.1) is 0 Å².